The molecule has 0 unspecified atom stereocenters. The monoisotopic (exact) mass is 245 g/mol. The number of aryl methyl sites for hydroxylation is 1. The van der Waals surface area contributed by atoms with Crippen LogP contribution in [-0.4, -0.2) is 15.1 Å². The molecule has 1 aromatic carbocycles. The molecule has 1 aromatic heterocycles. The predicted octanol–water partition coefficient (Wildman–Crippen LogP) is 2.17. The highest BCUT2D eigenvalue weighted by molar-refractivity contribution is 5.55. The first-order valence-electron chi connectivity index (χ1n) is 5.83. The molecule has 5 nitrogen and oxygen atoms in total. The summed E-state index contributed by atoms with van der Waals surface area (Å²) in [7, 11) is 0. The van der Waals surface area contributed by atoms with Gasteiger partial charge in [0.2, 0.25) is 5.95 Å². The van der Waals surface area contributed by atoms with Crippen LogP contribution in [0, 0.1) is 0 Å². The second kappa shape index (κ2) is 5.35. The number of aromatic amines is 1. The second-order valence-electron chi connectivity index (χ2n) is 4.01. The zero-order valence-corrected chi connectivity index (χ0v) is 10.1. The first kappa shape index (κ1) is 12.2. The zero-order valence-electron chi connectivity index (χ0n) is 10.1. The SMILES string of the molecule is CCCc1cc(=O)[nH]c(Nc2cccc(O)c2)n1. The predicted molar refractivity (Wildman–Crippen MR) is 70.2 cm³/mol. The van der Waals surface area contributed by atoms with Crippen molar-refractivity contribution in [2.45, 2.75) is 19.8 Å². The van der Waals surface area contributed by atoms with Crippen molar-refractivity contribution in [1.82, 2.24) is 9.97 Å². The van der Waals surface area contributed by atoms with E-state index in [1.165, 1.54) is 6.07 Å². The number of hydrogen-bond acceptors (Lipinski definition) is 4. The van der Waals surface area contributed by atoms with Gasteiger partial charge in [-0.25, -0.2) is 4.98 Å². The first-order chi connectivity index (χ1) is 8.67. The van der Waals surface area contributed by atoms with E-state index in [0.717, 1.165) is 18.5 Å². The molecule has 0 fully saturated rings. The highest BCUT2D eigenvalue weighted by atomic mass is 16.3. The number of benzene rings is 1. The molecule has 0 amide bonds. The van der Waals surface area contributed by atoms with Crippen LogP contribution in [0.2, 0.25) is 0 Å². The van der Waals surface area contributed by atoms with Crippen LogP contribution in [0.5, 0.6) is 5.75 Å². The van der Waals surface area contributed by atoms with Gasteiger partial charge in [0.1, 0.15) is 5.75 Å². The molecule has 0 bridgehead atoms. The van der Waals surface area contributed by atoms with Crippen LogP contribution in [0.4, 0.5) is 11.6 Å². The molecule has 0 aliphatic carbocycles. The Labute approximate surface area is 105 Å². The first-order valence-corrected chi connectivity index (χ1v) is 5.83. The third kappa shape index (κ3) is 3.10. The summed E-state index contributed by atoms with van der Waals surface area (Å²) >= 11 is 0. The van der Waals surface area contributed by atoms with E-state index in [0.29, 0.717) is 11.6 Å². The fraction of sp³-hybridized carbons (Fsp3) is 0.231. The smallest absolute Gasteiger partial charge is 0.252 e. The van der Waals surface area contributed by atoms with Crippen LogP contribution in [0.25, 0.3) is 0 Å². The number of aromatic hydroxyl groups is 1. The van der Waals surface area contributed by atoms with Gasteiger partial charge in [-0.1, -0.05) is 19.4 Å². The lowest BCUT2D eigenvalue weighted by Crippen LogP contribution is -2.12. The number of phenols is 1. The maximum atomic E-state index is 11.5. The molecule has 2 aromatic rings. The van der Waals surface area contributed by atoms with E-state index >= 15 is 0 Å². The van der Waals surface area contributed by atoms with E-state index < -0.39 is 0 Å². The van der Waals surface area contributed by atoms with E-state index in [1.807, 2.05) is 6.92 Å². The lowest BCUT2D eigenvalue weighted by atomic mass is 10.2. The Balaban J connectivity index is 2.26. The average molecular weight is 245 g/mol. The summed E-state index contributed by atoms with van der Waals surface area (Å²) in [5, 5.41) is 12.3. The summed E-state index contributed by atoms with van der Waals surface area (Å²) in [6.07, 6.45) is 1.70. The number of hydrogen-bond donors (Lipinski definition) is 3. The van der Waals surface area contributed by atoms with Crippen molar-refractivity contribution < 1.29 is 5.11 Å². The minimum absolute atomic E-state index is 0.159. The summed E-state index contributed by atoms with van der Waals surface area (Å²) in [6, 6.07) is 8.14. The maximum absolute atomic E-state index is 11.5. The van der Waals surface area contributed by atoms with Crippen molar-refractivity contribution in [3.8, 4) is 5.75 Å². The standard InChI is InChI=1S/C13H15N3O2/c1-2-4-9-8-12(18)16-13(14-9)15-10-5-3-6-11(17)7-10/h3,5-8,17H,2,4H2,1H3,(H2,14,15,16,18). The van der Waals surface area contributed by atoms with E-state index in [9.17, 15) is 9.90 Å². The topological polar surface area (TPSA) is 78.0 Å². The Bertz CT molecular complexity index is 593. The Morgan fingerprint density at radius 2 is 2.22 bits per heavy atom. The van der Waals surface area contributed by atoms with Crippen molar-refractivity contribution in [3.63, 3.8) is 0 Å². The van der Waals surface area contributed by atoms with E-state index in [1.54, 1.807) is 24.3 Å². The van der Waals surface area contributed by atoms with Gasteiger partial charge in [0, 0.05) is 23.5 Å². The minimum atomic E-state index is -0.184. The summed E-state index contributed by atoms with van der Waals surface area (Å²) in [5.41, 5.74) is 1.24. The molecule has 94 valence electrons. The molecule has 18 heavy (non-hydrogen) atoms. The third-order valence-corrected chi connectivity index (χ3v) is 2.41. The molecular weight excluding hydrogens is 230 g/mol. The number of nitrogens with zero attached hydrogens (tertiary/aromatic N) is 1. The maximum Gasteiger partial charge on any atom is 0.252 e. The average Bonchev–Trinajstić information content (AvgIpc) is 2.28. The van der Waals surface area contributed by atoms with Gasteiger partial charge in [-0.05, 0) is 18.6 Å². The van der Waals surface area contributed by atoms with E-state index in [2.05, 4.69) is 15.3 Å². The lowest BCUT2D eigenvalue weighted by molar-refractivity contribution is 0.475. The fourth-order valence-corrected chi connectivity index (χ4v) is 1.67. The highest BCUT2D eigenvalue weighted by Gasteiger charge is 2.01. The fourth-order valence-electron chi connectivity index (χ4n) is 1.67. The van der Waals surface area contributed by atoms with Crippen LogP contribution in [0.1, 0.15) is 19.0 Å². The number of nitrogens with one attached hydrogen (secondary N) is 2. The minimum Gasteiger partial charge on any atom is -0.508 e. The quantitative estimate of drug-likeness (QED) is 0.771. The van der Waals surface area contributed by atoms with Gasteiger partial charge in [-0.2, -0.15) is 0 Å². The van der Waals surface area contributed by atoms with Gasteiger partial charge in [0.05, 0.1) is 0 Å². The summed E-state index contributed by atoms with van der Waals surface area (Å²) < 4.78 is 0. The molecule has 0 atom stereocenters. The molecule has 0 spiro atoms. The number of phenolic OH excluding ortho intramolecular Hbond substituents is 1. The summed E-state index contributed by atoms with van der Waals surface area (Å²) in [4.78, 5) is 18.4. The molecular formula is C13H15N3O2. The normalized spacial score (nSPS) is 10.3. The summed E-state index contributed by atoms with van der Waals surface area (Å²) in [5.74, 6) is 0.545. The molecule has 0 aliphatic rings. The van der Waals surface area contributed by atoms with Crippen molar-refractivity contribution >= 4 is 11.6 Å². The van der Waals surface area contributed by atoms with Crippen molar-refractivity contribution in [1.29, 1.82) is 0 Å². The molecule has 0 radical (unpaired) electrons. The van der Waals surface area contributed by atoms with Gasteiger partial charge < -0.3 is 10.4 Å². The molecule has 0 saturated carbocycles. The lowest BCUT2D eigenvalue weighted by Gasteiger charge is -2.06. The van der Waals surface area contributed by atoms with Gasteiger partial charge in [0.15, 0.2) is 0 Å². The van der Waals surface area contributed by atoms with Crippen LogP contribution in [0.15, 0.2) is 35.1 Å². The van der Waals surface area contributed by atoms with Gasteiger partial charge in [0.25, 0.3) is 5.56 Å². The molecule has 0 saturated heterocycles. The Kier molecular flexibility index (Phi) is 3.62. The Morgan fingerprint density at radius 3 is 2.94 bits per heavy atom. The number of H-pyrrole nitrogens is 1. The van der Waals surface area contributed by atoms with Crippen molar-refractivity contribution in [3.05, 3.63) is 46.4 Å². The van der Waals surface area contributed by atoms with Crippen molar-refractivity contribution in [2.75, 3.05) is 5.32 Å². The molecule has 1 heterocycles. The van der Waals surface area contributed by atoms with Crippen LogP contribution < -0.4 is 10.9 Å². The number of aromatic nitrogens is 2. The van der Waals surface area contributed by atoms with Gasteiger partial charge in [-0.3, -0.25) is 9.78 Å². The number of anilines is 2. The zero-order chi connectivity index (χ0) is 13.0. The third-order valence-electron chi connectivity index (χ3n) is 2.41. The van der Waals surface area contributed by atoms with Crippen LogP contribution >= 0.6 is 0 Å². The van der Waals surface area contributed by atoms with Crippen LogP contribution in [0.3, 0.4) is 0 Å². The van der Waals surface area contributed by atoms with E-state index in [-0.39, 0.29) is 11.3 Å². The Hall–Kier alpha value is -2.30. The van der Waals surface area contributed by atoms with Gasteiger partial charge in [-0.15, -0.1) is 0 Å². The molecule has 3 N–H and O–H groups in total. The highest BCUT2D eigenvalue weighted by Crippen LogP contribution is 2.17. The number of rotatable bonds is 4. The molecule has 2 rings (SSSR count). The Morgan fingerprint density at radius 1 is 1.39 bits per heavy atom. The van der Waals surface area contributed by atoms with Crippen molar-refractivity contribution in [2.24, 2.45) is 0 Å². The molecule has 5 heteroatoms. The van der Waals surface area contributed by atoms with E-state index in [4.69, 9.17) is 0 Å². The molecule has 0 aliphatic heterocycles. The van der Waals surface area contributed by atoms with Crippen LogP contribution in [-0.2, 0) is 6.42 Å². The van der Waals surface area contributed by atoms with Gasteiger partial charge >= 0.3 is 0 Å². The summed E-state index contributed by atoms with van der Waals surface area (Å²) in [6.45, 7) is 2.03. The second-order valence-corrected chi connectivity index (χ2v) is 4.01. The largest absolute Gasteiger partial charge is 0.508 e.